The molecule has 0 unspecified atom stereocenters. The van der Waals surface area contributed by atoms with E-state index in [-0.39, 0.29) is 21.3 Å². The molecule has 1 aromatic heterocycles. The number of non-ortho nitro benzene ring substituents is 1. The van der Waals surface area contributed by atoms with Crippen LogP contribution in [0.4, 0.5) is 5.69 Å². The summed E-state index contributed by atoms with van der Waals surface area (Å²) in [6.07, 6.45) is 0. The molecule has 0 aliphatic rings. The fourth-order valence-corrected chi connectivity index (χ4v) is 2.38. The Bertz CT molecular complexity index is 806. The first-order chi connectivity index (χ1) is 9.88. The second kappa shape index (κ2) is 5.75. The highest BCUT2D eigenvalue weighted by atomic mass is 32.1. The van der Waals surface area contributed by atoms with Gasteiger partial charge in [0.2, 0.25) is 10.7 Å². The lowest BCUT2D eigenvalue weighted by atomic mass is 10.3. The van der Waals surface area contributed by atoms with Gasteiger partial charge in [-0.25, -0.2) is 4.68 Å². The molecule has 2 aromatic rings. The van der Waals surface area contributed by atoms with E-state index in [0.717, 1.165) is 11.3 Å². The highest BCUT2D eigenvalue weighted by molar-refractivity contribution is 7.11. The number of hydrogen-bond donors (Lipinski definition) is 0. The minimum atomic E-state index is -0.538. The number of Topliss-reactive ketones (excluding diaryl/α,β-unsaturated/α-hetero) is 1. The molecule has 0 aliphatic heterocycles. The van der Waals surface area contributed by atoms with Crippen molar-refractivity contribution in [1.29, 1.82) is 0 Å². The summed E-state index contributed by atoms with van der Waals surface area (Å²) in [4.78, 5) is 36.8. The first-order valence-corrected chi connectivity index (χ1v) is 6.61. The van der Waals surface area contributed by atoms with Crippen molar-refractivity contribution in [3.8, 4) is 5.69 Å². The molecule has 0 aliphatic carbocycles. The summed E-state index contributed by atoms with van der Waals surface area (Å²) in [5, 5.41) is 15.0. The molecule has 1 amide bonds. The predicted molar refractivity (Wildman–Crippen MR) is 74.3 cm³/mol. The maximum absolute atomic E-state index is 11.4. The van der Waals surface area contributed by atoms with Crippen LogP contribution in [0.3, 0.4) is 0 Å². The topological polar surface area (TPSA) is 107 Å². The van der Waals surface area contributed by atoms with E-state index in [0.29, 0.717) is 5.69 Å². The predicted octanol–water partition coefficient (Wildman–Crippen LogP) is 1.49. The number of benzene rings is 1. The van der Waals surface area contributed by atoms with Crippen LogP contribution in [0.2, 0.25) is 0 Å². The van der Waals surface area contributed by atoms with Crippen LogP contribution in [0.5, 0.6) is 0 Å². The lowest BCUT2D eigenvalue weighted by Gasteiger charge is -2.00. The number of nitrogens with zero attached hydrogens (tertiary/aromatic N) is 4. The second-order valence-corrected chi connectivity index (χ2v) is 5.02. The smallest absolute Gasteiger partial charge is 0.271 e. The number of aromatic nitrogens is 2. The molecule has 1 heterocycles. The van der Waals surface area contributed by atoms with Crippen LogP contribution in [0.25, 0.3) is 5.69 Å². The van der Waals surface area contributed by atoms with Gasteiger partial charge in [-0.2, -0.15) is 10.1 Å². The SMILES string of the molecule is CC(=O)N=c1sc(C(C)=O)nn1-c1cccc([N+](=O)[O-])c1. The highest BCUT2D eigenvalue weighted by Gasteiger charge is 2.13. The van der Waals surface area contributed by atoms with Crippen molar-refractivity contribution >= 4 is 28.7 Å². The van der Waals surface area contributed by atoms with Crippen molar-refractivity contribution in [3.63, 3.8) is 0 Å². The Hall–Kier alpha value is -2.68. The minimum Gasteiger partial charge on any atom is -0.292 e. The van der Waals surface area contributed by atoms with Crippen LogP contribution >= 0.6 is 11.3 Å². The van der Waals surface area contributed by atoms with Gasteiger partial charge in [-0.05, 0) is 6.07 Å². The van der Waals surface area contributed by atoms with E-state index >= 15 is 0 Å². The number of rotatable bonds is 3. The second-order valence-electron chi connectivity index (χ2n) is 4.07. The van der Waals surface area contributed by atoms with E-state index < -0.39 is 10.8 Å². The Morgan fingerprint density at radius 3 is 2.67 bits per heavy atom. The van der Waals surface area contributed by atoms with Crippen LogP contribution in [0.1, 0.15) is 23.6 Å². The van der Waals surface area contributed by atoms with Crippen LogP contribution in [0.15, 0.2) is 29.3 Å². The summed E-state index contributed by atoms with van der Waals surface area (Å²) >= 11 is 0.950. The molecule has 0 saturated heterocycles. The maximum atomic E-state index is 11.4. The van der Waals surface area contributed by atoms with Gasteiger partial charge in [-0.15, -0.1) is 0 Å². The normalized spacial score (nSPS) is 11.4. The van der Waals surface area contributed by atoms with E-state index in [2.05, 4.69) is 10.1 Å². The maximum Gasteiger partial charge on any atom is 0.271 e. The zero-order valence-electron chi connectivity index (χ0n) is 11.1. The van der Waals surface area contributed by atoms with Crippen molar-refractivity contribution in [2.24, 2.45) is 4.99 Å². The van der Waals surface area contributed by atoms with Gasteiger partial charge < -0.3 is 0 Å². The molecule has 0 radical (unpaired) electrons. The largest absolute Gasteiger partial charge is 0.292 e. The van der Waals surface area contributed by atoms with Gasteiger partial charge in [0.25, 0.3) is 5.69 Å². The Morgan fingerprint density at radius 2 is 2.10 bits per heavy atom. The van der Waals surface area contributed by atoms with Gasteiger partial charge in [0.15, 0.2) is 10.8 Å². The third-order valence-corrected chi connectivity index (χ3v) is 3.41. The van der Waals surface area contributed by atoms with E-state index in [1.165, 1.54) is 36.7 Å². The molecule has 0 N–H and O–H groups in total. The number of nitro groups is 1. The minimum absolute atomic E-state index is 0.119. The molecule has 1 aromatic carbocycles. The van der Waals surface area contributed by atoms with E-state index in [1.807, 2.05) is 0 Å². The van der Waals surface area contributed by atoms with Gasteiger partial charge in [0.1, 0.15) is 0 Å². The van der Waals surface area contributed by atoms with Crippen molar-refractivity contribution in [1.82, 2.24) is 9.78 Å². The van der Waals surface area contributed by atoms with Crippen molar-refractivity contribution in [2.45, 2.75) is 13.8 Å². The lowest BCUT2D eigenvalue weighted by Crippen LogP contribution is -2.16. The number of carbonyl (C=O) groups excluding carboxylic acids is 2. The van der Waals surface area contributed by atoms with E-state index in [1.54, 1.807) is 6.07 Å². The first kappa shape index (κ1) is 14.7. The Kier molecular flexibility index (Phi) is 4.03. The summed E-state index contributed by atoms with van der Waals surface area (Å²) in [6, 6.07) is 5.70. The fourth-order valence-electron chi connectivity index (χ4n) is 1.54. The summed E-state index contributed by atoms with van der Waals surface area (Å²) in [7, 11) is 0. The molecule has 0 bridgehead atoms. The summed E-state index contributed by atoms with van der Waals surface area (Å²) in [5.41, 5.74) is 0.235. The number of nitro benzene ring substituents is 1. The molecular formula is C12H10N4O4S. The summed E-state index contributed by atoms with van der Waals surface area (Å²) < 4.78 is 1.25. The van der Waals surface area contributed by atoms with E-state index in [4.69, 9.17) is 0 Å². The van der Waals surface area contributed by atoms with E-state index in [9.17, 15) is 19.7 Å². The molecule has 0 atom stereocenters. The standard InChI is InChI=1S/C12H10N4O4S/c1-7(17)11-14-15(12(21-11)13-8(2)18)9-4-3-5-10(6-9)16(19)20/h3-6H,1-2H3. The van der Waals surface area contributed by atoms with Crippen molar-refractivity contribution in [2.75, 3.05) is 0 Å². The molecule has 8 nitrogen and oxygen atoms in total. The van der Waals surface area contributed by atoms with Crippen molar-refractivity contribution < 1.29 is 14.5 Å². The highest BCUT2D eigenvalue weighted by Crippen LogP contribution is 2.16. The zero-order chi connectivity index (χ0) is 15.6. The number of carbonyl (C=O) groups is 2. The third-order valence-electron chi connectivity index (χ3n) is 2.40. The Morgan fingerprint density at radius 1 is 1.38 bits per heavy atom. The average Bonchev–Trinajstić information content (AvgIpc) is 2.82. The van der Waals surface area contributed by atoms with Gasteiger partial charge in [0.05, 0.1) is 10.6 Å². The molecule has 21 heavy (non-hydrogen) atoms. The van der Waals surface area contributed by atoms with Crippen LogP contribution < -0.4 is 4.80 Å². The van der Waals surface area contributed by atoms with Crippen LogP contribution in [0, 0.1) is 10.1 Å². The lowest BCUT2D eigenvalue weighted by molar-refractivity contribution is -0.384. The number of amides is 1. The monoisotopic (exact) mass is 306 g/mol. The molecule has 108 valence electrons. The zero-order valence-corrected chi connectivity index (χ0v) is 12.0. The molecule has 0 fully saturated rings. The van der Waals surface area contributed by atoms with Crippen molar-refractivity contribution in [3.05, 3.63) is 44.2 Å². The third kappa shape index (κ3) is 3.26. The Labute approximate surface area is 122 Å². The van der Waals surface area contributed by atoms with Gasteiger partial charge >= 0.3 is 0 Å². The average molecular weight is 306 g/mol. The Balaban J connectivity index is 2.67. The van der Waals surface area contributed by atoms with Gasteiger partial charge in [-0.1, -0.05) is 17.4 Å². The van der Waals surface area contributed by atoms with Crippen LogP contribution in [-0.2, 0) is 4.79 Å². The fraction of sp³-hybridized carbons (Fsp3) is 0.167. The molecular weight excluding hydrogens is 296 g/mol. The summed E-state index contributed by atoms with van der Waals surface area (Å²) in [6.45, 7) is 2.61. The molecule has 9 heteroatoms. The quantitative estimate of drug-likeness (QED) is 0.485. The van der Waals surface area contributed by atoms with Gasteiger partial charge in [-0.3, -0.25) is 19.7 Å². The van der Waals surface area contributed by atoms with Crippen LogP contribution in [-0.4, -0.2) is 26.4 Å². The number of ketones is 1. The molecule has 2 rings (SSSR count). The molecule has 0 spiro atoms. The van der Waals surface area contributed by atoms with Gasteiger partial charge in [0, 0.05) is 26.0 Å². The molecule has 0 saturated carbocycles. The summed E-state index contributed by atoms with van der Waals surface area (Å²) in [5.74, 6) is -0.725. The first-order valence-electron chi connectivity index (χ1n) is 5.79. The number of hydrogen-bond acceptors (Lipinski definition) is 6.